The fourth-order valence-electron chi connectivity index (χ4n) is 2.00. The van der Waals surface area contributed by atoms with Crippen molar-refractivity contribution in [1.29, 1.82) is 0 Å². The molecule has 23 heavy (non-hydrogen) atoms. The van der Waals surface area contributed by atoms with Gasteiger partial charge >= 0.3 is 11.6 Å². The van der Waals surface area contributed by atoms with Gasteiger partial charge in [0.25, 0.3) is 5.91 Å². The van der Waals surface area contributed by atoms with Crippen LogP contribution in [0.15, 0.2) is 33.5 Å². The smallest absolute Gasteiger partial charge is 0.349 e. The third-order valence-corrected chi connectivity index (χ3v) is 2.97. The number of carbonyl (C=O) groups is 2. The summed E-state index contributed by atoms with van der Waals surface area (Å²) in [7, 11) is 0. The molecule has 0 atom stereocenters. The van der Waals surface area contributed by atoms with Crippen LogP contribution < -0.4 is 15.7 Å². The van der Waals surface area contributed by atoms with Crippen molar-refractivity contribution in [3.05, 3.63) is 40.2 Å². The van der Waals surface area contributed by atoms with Gasteiger partial charge in [0.15, 0.2) is 11.3 Å². The lowest BCUT2D eigenvalue weighted by atomic mass is 10.1. The maximum atomic E-state index is 12.0. The maximum absolute atomic E-state index is 12.0. The van der Waals surface area contributed by atoms with Crippen LogP contribution in [0.25, 0.3) is 11.0 Å². The van der Waals surface area contributed by atoms with Crippen LogP contribution >= 0.6 is 0 Å². The Bertz CT molecular complexity index is 780. The number of ether oxygens (including phenoxy) is 2. The summed E-state index contributed by atoms with van der Waals surface area (Å²) in [6.07, 6.45) is 0. The molecule has 1 N–H and O–H groups in total. The van der Waals surface area contributed by atoms with Crippen molar-refractivity contribution in [3.8, 4) is 5.75 Å². The fourth-order valence-corrected chi connectivity index (χ4v) is 2.00. The first-order valence-electron chi connectivity index (χ1n) is 7.20. The van der Waals surface area contributed by atoms with Crippen LogP contribution in [0.4, 0.5) is 0 Å². The summed E-state index contributed by atoms with van der Waals surface area (Å²) in [6.45, 7) is 3.79. The van der Waals surface area contributed by atoms with Crippen molar-refractivity contribution >= 4 is 22.8 Å². The molecule has 1 aromatic carbocycles. The summed E-state index contributed by atoms with van der Waals surface area (Å²) in [5.41, 5.74) is -0.706. The zero-order valence-corrected chi connectivity index (χ0v) is 12.9. The summed E-state index contributed by atoms with van der Waals surface area (Å²) in [6, 6.07) is 6.51. The van der Waals surface area contributed by atoms with Crippen molar-refractivity contribution < 1.29 is 23.5 Å². The highest BCUT2D eigenvalue weighted by atomic mass is 16.5. The Morgan fingerprint density at radius 3 is 2.70 bits per heavy atom. The van der Waals surface area contributed by atoms with Crippen molar-refractivity contribution in [2.24, 2.45) is 0 Å². The predicted octanol–water partition coefficient (Wildman–Crippen LogP) is 1.48. The molecule has 0 bridgehead atoms. The Morgan fingerprint density at radius 2 is 2.00 bits per heavy atom. The molecule has 0 saturated carbocycles. The standard InChI is InChI=1S/C16H17NO6/c1-3-21-12-7-5-6-10-8-11(16(20)23-14(10)12)15(19)17-9-13(18)22-4-2/h5-8H,3-4,9H2,1-2H3,(H,17,19). The van der Waals surface area contributed by atoms with E-state index in [2.05, 4.69) is 5.32 Å². The van der Waals surface area contributed by atoms with Crippen molar-refractivity contribution in [2.75, 3.05) is 19.8 Å². The average molecular weight is 319 g/mol. The van der Waals surface area contributed by atoms with Crippen LogP contribution in [-0.4, -0.2) is 31.6 Å². The average Bonchev–Trinajstić information content (AvgIpc) is 2.53. The molecule has 1 aromatic heterocycles. The van der Waals surface area contributed by atoms with Crippen molar-refractivity contribution in [2.45, 2.75) is 13.8 Å². The van der Waals surface area contributed by atoms with Crippen molar-refractivity contribution in [1.82, 2.24) is 5.32 Å². The third-order valence-electron chi connectivity index (χ3n) is 2.97. The van der Waals surface area contributed by atoms with E-state index < -0.39 is 17.5 Å². The van der Waals surface area contributed by atoms with Gasteiger partial charge in [0.1, 0.15) is 12.1 Å². The first-order chi connectivity index (χ1) is 11.1. The highest BCUT2D eigenvalue weighted by molar-refractivity contribution is 5.98. The van der Waals surface area contributed by atoms with Gasteiger partial charge < -0.3 is 19.2 Å². The SMILES string of the molecule is CCOC(=O)CNC(=O)c1cc2cccc(OCC)c2oc1=O. The molecule has 1 heterocycles. The lowest BCUT2D eigenvalue weighted by Crippen LogP contribution is -2.33. The van der Waals surface area contributed by atoms with Crippen LogP contribution in [0.1, 0.15) is 24.2 Å². The minimum absolute atomic E-state index is 0.185. The van der Waals surface area contributed by atoms with Crippen LogP contribution in [-0.2, 0) is 9.53 Å². The van der Waals surface area contributed by atoms with Gasteiger partial charge in [-0.25, -0.2) is 4.79 Å². The Kier molecular flexibility index (Phi) is 5.35. The largest absolute Gasteiger partial charge is 0.490 e. The van der Waals surface area contributed by atoms with E-state index in [1.807, 2.05) is 6.92 Å². The molecule has 122 valence electrons. The summed E-state index contributed by atoms with van der Waals surface area (Å²) >= 11 is 0. The maximum Gasteiger partial charge on any atom is 0.349 e. The van der Waals surface area contributed by atoms with Crippen molar-refractivity contribution in [3.63, 3.8) is 0 Å². The molecule has 0 fully saturated rings. The molecular formula is C16H17NO6. The number of rotatable bonds is 6. The van der Waals surface area contributed by atoms with E-state index in [4.69, 9.17) is 13.9 Å². The Labute approximate surface area is 132 Å². The number of para-hydroxylation sites is 1. The van der Waals surface area contributed by atoms with Crippen LogP contribution in [0.2, 0.25) is 0 Å². The molecule has 0 unspecified atom stereocenters. The number of esters is 1. The minimum Gasteiger partial charge on any atom is -0.490 e. The second-order valence-electron chi connectivity index (χ2n) is 4.54. The molecule has 7 nitrogen and oxygen atoms in total. The first kappa shape index (κ1) is 16.5. The normalized spacial score (nSPS) is 10.3. The zero-order valence-electron chi connectivity index (χ0n) is 12.9. The van der Waals surface area contributed by atoms with Gasteiger partial charge in [-0.1, -0.05) is 12.1 Å². The van der Waals surface area contributed by atoms with Crippen LogP contribution in [0.3, 0.4) is 0 Å². The molecule has 0 saturated heterocycles. The topological polar surface area (TPSA) is 94.8 Å². The molecule has 2 aromatic rings. The molecule has 7 heteroatoms. The number of carbonyl (C=O) groups excluding carboxylic acids is 2. The third kappa shape index (κ3) is 3.88. The quantitative estimate of drug-likeness (QED) is 0.640. The number of fused-ring (bicyclic) bond motifs is 1. The van der Waals surface area contributed by atoms with E-state index in [9.17, 15) is 14.4 Å². The highest BCUT2D eigenvalue weighted by Crippen LogP contribution is 2.24. The highest BCUT2D eigenvalue weighted by Gasteiger charge is 2.16. The van der Waals surface area contributed by atoms with Gasteiger partial charge in [0, 0.05) is 5.39 Å². The Morgan fingerprint density at radius 1 is 1.22 bits per heavy atom. The number of hydrogen-bond donors (Lipinski definition) is 1. The lowest BCUT2D eigenvalue weighted by Gasteiger charge is -2.07. The Hall–Kier alpha value is -2.83. The van der Waals surface area contributed by atoms with E-state index in [0.717, 1.165) is 0 Å². The molecule has 0 aliphatic carbocycles. The second-order valence-corrected chi connectivity index (χ2v) is 4.54. The van der Waals surface area contributed by atoms with E-state index in [-0.39, 0.29) is 24.3 Å². The van der Waals surface area contributed by atoms with Gasteiger partial charge in [-0.15, -0.1) is 0 Å². The molecular weight excluding hydrogens is 302 g/mol. The second kappa shape index (κ2) is 7.44. The molecule has 0 radical (unpaired) electrons. The van der Waals surface area contributed by atoms with E-state index in [1.54, 1.807) is 25.1 Å². The Balaban J connectivity index is 2.28. The van der Waals surface area contributed by atoms with Crippen LogP contribution in [0.5, 0.6) is 5.75 Å². The van der Waals surface area contributed by atoms with E-state index >= 15 is 0 Å². The molecule has 2 rings (SSSR count). The molecule has 0 aliphatic heterocycles. The van der Waals surface area contributed by atoms with Gasteiger partial charge in [0.05, 0.1) is 13.2 Å². The van der Waals surface area contributed by atoms with E-state index in [0.29, 0.717) is 17.7 Å². The number of benzene rings is 1. The molecule has 0 aliphatic rings. The van der Waals surface area contributed by atoms with Gasteiger partial charge in [-0.3, -0.25) is 9.59 Å². The summed E-state index contributed by atoms with van der Waals surface area (Å²) < 4.78 is 15.3. The first-order valence-corrected chi connectivity index (χ1v) is 7.20. The number of hydrogen-bond acceptors (Lipinski definition) is 6. The van der Waals surface area contributed by atoms with Gasteiger partial charge in [-0.2, -0.15) is 0 Å². The van der Waals surface area contributed by atoms with Crippen LogP contribution in [0, 0.1) is 0 Å². The monoisotopic (exact) mass is 319 g/mol. The lowest BCUT2D eigenvalue weighted by molar-refractivity contribution is -0.141. The predicted molar refractivity (Wildman–Crippen MR) is 82.6 cm³/mol. The minimum atomic E-state index is -0.800. The number of nitrogens with one attached hydrogen (secondary N) is 1. The number of amides is 1. The van der Waals surface area contributed by atoms with Gasteiger partial charge in [0.2, 0.25) is 0 Å². The summed E-state index contributed by atoms with van der Waals surface area (Å²) in [4.78, 5) is 35.3. The summed E-state index contributed by atoms with van der Waals surface area (Å²) in [5, 5.41) is 2.88. The summed E-state index contributed by atoms with van der Waals surface area (Å²) in [5.74, 6) is -0.847. The van der Waals surface area contributed by atoms with E-state index in [1.165, 1.54) is 6.07 Å². The fraction of sp³-hybridized carbons (Fsp3) is 0.312. The molecule has 1 amide bonds. The molecule has 0 spiro atoms. The zero-order chi connectivity index (χ0) is 16.8. The van der Waals surface area contributed by atoms with Gasteiger partial charge in [-0.05, 0) is 26.0 Å².